The number of halogens is 2. The summed E-state index contributed by atoms with van der Waals surface area (Å²) in [4.78, 5) is 13.2. The van der Waals surface area contributed by atoms with Crippen molar-refractivity contribution in [2.45, 2.75) is 44.6 Å². The molecule has 6 nitrogen and oxygen atoms in total. The first-order valence-electron chi connectivity index (χ1n) is 11.4. The van der Waals surface area contributed by atoms with Crippen LogP contribution in [0.3, 0.4) is 0 Å². The Hall–Kier alpha value is -3.29. The normalized spacial score (nSPS) is 18.4. The van der Waals surface area contributed by atoms with E-state index in [0.717, 1.165) is 47.6 Å². The van der Waals surface area contributed by atoms with Gasteiger partial charge in [-0.2, -0.15) is 0 Å². The van der Waals surface area contributed by atoms with E-state index in [0.29, 0.717) is 23.7 Å². The van der Waals surface area contributed by atoms with Gasteiger partial charge in [0.1, 0.15) is 17.8 Å². The maximum atomic E-state index is 12.5. The van der Waals surface area contributed by atoms with Gasteiger partial charge >= 0.3 is 0 Å². The minimum atomic E-state index is -2.40. The Morgan fingerprint density at radius 2 is 2.03 bits per heavy atom. The largest absolute Gasteiger partial charge is 0.480 e. The summed E-state index contributed by atoms with van der Waals surface area (Å²) < 4.78 is 32.6. The van der Waals surface area contributed by atoms with Crippen LogP contribution in [0.1, 0.15) is 37.3 Å². The molecule has 1 saturated carbocycles. The van der Waals surface area contributed by atoms with Crippen LogP contribution in [0.15, 0.2) is 48.9 Å². The number of nitrogens with zero attached hydrogens (tertiary/aromatic N) is 4. The van der Waals surface area contributed by atoms with Crippen molar-refractivity contribution in [3.63, 3.8) is 0 Å². The van der Waals surface area contributed by atoms with Gasteiger partial charge in [0.2, 0.25) is 5.88 Å². The summed E-state index contributed by atoms with van der Waals surface area (Å²) in [5.41, 5.74) is 3.00. The Kier molecular flexibility index (Phi) is 6.07. The average Bonchev–Trinajstić information content (AvgIpc) is 3.47. The number of anilines is 1. The fourth-order valence-electron chi connectivity index (χ4n) is 4.94. The minimum absolute atomic E-state index is 0.392. The average molecular weight is 452 g/mol. The number of aryl methyl sites for hydroxylation is 1. The number of hydrogen-bond donors (Lipinski definition) is 1. The monoisotopic (exact) mass is 451 g/mol. The molecule has 3 aromatic heterocycles. The van der Waals surface area contributed by atoms with Crippen molar-refractivity contribution in [1.82, 2.24) is 19.5 Å². The molecule has 1 aliphatic rings. The quantitative estimate of drug-likeness (QED) is 0.376. The predicted octanol–water partition coefficient (Wildman–Crippen LogP) is 5.64. The molecule has 1 aromatic carbocycles. The molecule has 3 heterocycles. The zero-order valence-electron chi connectivity index (χ0n) is 18.5. The Morgan fingerprint density at radius 3 is 2.88 bits per heavy atom. The van der Waals surface area contributed by atoms with E-state index in [1.807, 2.05) is 12.1 Å². The number of methoxy groups -OCH3 is 1. The second-order valence-corrected chi connectivity index (χ2v) is 8.71. The second kappa shape index (κ2) is 9.29. The van der Waals surface area contributed by atoms with E-state index in [2.05, 4.69) is 49.2 Å². The lowest BCUT2D eigenvalue weighted by molar-refractivity contribution is 0.163. The summed E-state index contributed by atoms with van der Waals surface area (Å²) in [6, 6.07) is 12.4. The number of alkyl halides is 2. The number of benzene rings is 1. The first-order chi connectivity index (χ1) is 16.1. The highest BCUT2D eigenvalue weighted by Crippen LogP contribution is 2.39. The Balaban J connectivity index is 1.23. The lowest BCUT2D eigenvalue weighted by Crippen LogP contribution is -2.11. The van der Waals surface area contributed by atoms with E-state index in [4.69, 9.17) is 4.74 Å². The molecule has 2 atom stereocenters. The molecular formula is C25H27F2N5O. The summed E-state index contributed by atoms with van der Waals surface area (Å²) in [7, 11) is 1.63. The molecule has 0 amide bonds. The minimum Gasteiger partial charge on any atom is -0.480 e. The highest BCUT2D eigenvalue weighted by Gasteiger charge is 2.27. The fraction of sp³-hybridized carbons (Fsp3) is 0.400. The third kappa shape index (κ3) is 4.60. The second-order valence-electron chi connectivity index (χ2n) is 8.71. The summed E-state index contributed by atoms with van der Waals surface area (Å²) in [5, 5.41) is 4.66. The summed E-state index contributed by atoms with van der Waals surface area (Å²) >= 11 is 0. The van der Waals surface area contributed by atoms with E-state index in [1.165, 1.54) is 12.0 Å². The molecule has 172 valence electrons. The van der Waals surface area contributed by atoms with Crippen LogP contribution in [0, 0.1) is 5.92 Å². The third-order valence-corrected chi connectivity index (χ3v) is 6.61. The van der Waals surface area contributed by atoms with Crippen molar-refractivity contribution in [1.29, 1.82) is 0 Å². The van der Waals surface area contributed by atoms with E-state index in [1.54, 1.807) is 19.5 Å². The molecular weight excluding hydrogens is 424 g/mol. The van der Waals surface area contributed by atoms with Crippen LogP contribution in [0.4, 0.5) is 14.6 Å². The van der Waals surface area contributed by atoms with Gasteiger partial charge in [-0.05, 0) is 67.9 Å². The van der Waals surface area contributed by atoms with Crippen molar-refractivity contribution in [2.75, 3.05) is 19.0 Å². The van der Waals surface area contributed by atoms with E-state index >= 15 is 0 Å². The number of fused-ring (bicyclic) bond motifs is 2. The number of pyridine rings is 1. The lowest BCUT2D eigenvalue weighted by atomic mass is 9.97. The lowest BCUT2D eigenvalue weighted by Gasteiger charge is -2.15. The zero-order valence-corrected chi connectivity index (χ0v) is 18.5. The highest BCUT2D eigenvalue weighted by molar-refractivity contribution is 5.82. The van der Waals surface area contributed by atoms with Gasteiger partial charge in [0.25, 0.3) is 6.43 Å². The van der Waals surface area contributed by atoms with Crippen molar-refractivity contribution in [2.24, 2.45) is 5.92 Å². The van der Waals surface area contributed by atoms with Gasteiger partial charge in [-0.25, -0.2) is 23.7 Å². The van der Waals surface area contributed by atoms with Crippen molar-refractivity contribution >= 4 is 27.8 Å². The first kappa shape index (κ1) is 21.6. The van der Waals surface area contributed by atoms with Gasteiger partial charge in [0, 0.05) is 17.6 Å². The molecule has 2 unspecified atom stereocenters. The topological polar surface area (TPSA) is 64.9 Å². The fourth-order valence-corrected chi connectivity index (χ4v) is 4.94. The van der Waals surface area contributed by atoms with Crippen molar-refractivity contribution in [3.8, 4) is 5.88 Å². The van der Waals surface area contributed by atoms with E-state index in [9.17, 15) is 8.78 Å². The van der Waals surface area contributed by atoms with Gasteiger partial charge in [-0.3, -0.25) is 0 Å². The number of aromatic nitrogens is 4. The highest BCUT2D eigenvalue weighted by atomic mass is 19.3. The molecule has 1 aliphatic carbocycles. The number of nitrogens with one attached hydrogen (secondary N) is 1. The summed E-state index contributed by atoms with van der Waals surface area (Å²) in [5.74, 6) is 1.75. The van der Waals surface area contributed by atoms with Crippen LogP contribution in [-0.2, 0) is 6.42 Å². The standard InChI is InChI=1S/C25H27F2N5O/c1-33-25-20-10-11-32(24(20)29-15-30-25)19-8-5-16(12-19)2-3-17-4-6-18-7-9-23(28-14-22(26)27)31-21(18)13-17/h4,6-7,9-11,13,15-16,19,22H,2-3,5,8,12,14H2,1H3,(H,28,31). The van der Waals surface area contributed by atoms with E-state index < -0.39 is 13.0 Å². The molecule has 4 aromatic rings. The molecule has 33 heavy (non-hydrogen) atoms. The number of rotatable bonds is 8. The number of ether oxygens (including phenoxy) is 1. The third-order valence-electron chi connectivity index (χ3n) is 6.61. The molecule has 1 N–H and O–H groups in total. The van der Waals surface area contributed by atoms with Crippen LogP contribution in [0.5, 0.6) is 5.88 Å². The SMILES string of the molecule is COc1ncnc2c1ccn2C1CCC(CCc2ccc3ccc(NCC(F)F)nc3c2)C1. The van der Waals surface area contributed by atoms with Gasteiger partial charge in [0.15, 0.2) is 0 Å². The Bertz CT molecular complexity index is 1260. The van der Waals surface area contributed by atoms with Crippen LogP contribution < -0.4 is 10.1 Å². The van der Waals surface area contributed by atoms with Crippen LogP contribution in [0.2, 0.25) is 0 Å². The zero-order chi connectivity index (χ0) is 22.8. The molecule has 1 fully saturated rings. The molecule has 0 spiro atoms. The maximum absolute atomic E-state index is 12.5. The van der Waals surface area contributed by atoms with Gasteiger partial charge in [0.05, 0.1) is 24.6 Å². The van der Waals surface area contributed by atoms with E-state index in [-0.39, 0.29) is 0 Å². The smallest absolute Gasteiger partial charge is 0.255 e. The van der Waals surface area contributed by atoms with Gasteiger partial charge in [-0.1, -0.05) is 12.1 Å². The Morgan fingerprint density at radius 1 is 1.15 bits per heavy atom. The predicted molar refractivity (Wildman–Crippen MR) is 125 cm³/mol. The molecule has 0 radical (unpaired) electrons. The van der Waals surface area contributed by atoms with Crippen LogP contribution in [-0.4, -0.2) is 39.6 Å². The molecule has 8 heteroatoms. The summed E-state index contributed by atoms with van der Waals surface area (Å²) in [6.45, 7) is -0.392. The maximum Gasteiger partial charge on any atom is 0.255 e. The van der Waals surface area contributed by atoms with Gasteiger partial charge < -0.3 is 14.6 Å². The molecule has 0 saturated heterocycles. The van der Waals surface area contributed by atoms with Crippen LogP contribution >= 0.6 is 0 Å². The Labute approximate surface area is 191 Å². The van der Waals surface area contributed by atoms with Gasteiger partial charge in [-0.15, -0.1) is 0 Å². The van der Waals surface area contributed by atoms with Crippen LogP contribution in [0.25, 0.3) is 21.9 Å². The molecule has 0 bridgehead atoms. The number of hydrogen-bond acceptors (Lipinski definition) is 5. The molecule has 5 rings (SSSR count). The molecule has 0 aliphatic heterocycles. The summed E-state index contributed by atoms with van der Waals surface area (Å²) in [6.07, 6.45) is 6.82. The van der Waals surface area contributed by atoms with Crippen molar-refractivity contribution in [3.05, 3.63) is 54.5 Å². The van der Waals surface area contributed by atoms with Crippen molar-refractivity contribution < 1.29 is 13.5 Å². The first-order valence-corrected chi connectivity index (χ1v) is 11.4.